The van der Waals surface area contributed by atoms with E-state index in [9.17, 15) is 4.39 Å². The van der Waals surface area contributed by atoms with Crippen molar-refractivity contribution in [1.82, 2.24) is 9.97 Å². The lowest BCUT2D eigenvalue weighted by molar-refractivity contribution is 0.128. The predicted octanol–water partition coefficient (Wildman–Crippen LogP) is 3.17. The number of anilines is 1. The minimum atomic E-state index is -0.238. The molecule has 0 atom stereocenters. The summed E-state index contributed by atoms with van der Waals surface area (Å²) in [5.74, 6) is 1.03. The Bertz CT molecular complexity index is 602. The second-order valence-electron chi connectivity index (χ2n) is 4.35. The Morgan fingerprint density at radius 3 is 2.80 bits per heavy atom. The monoisotopic (exact) mass is 275 g/mol. The number of halogens is 1. The number of nitrogens with one attached hydrogen (secondary N) is 1. The zero-order valence-electron chi connectivity index (χ0n) is 11.9. The second-order valence-corrected chi connectivity index (χ2v) is 4.35. The molecule has 1 heterocycles. The van der Waals surface area contributed by atoms with E-state index in [1.54, 1.807) is 26.1 Å². The Balaban J connectivity index is 2.47. The molecule has 0 unspecified atom stereocenters. The van der Waals surface area contributed by atoms with Crippen molar-refractivity contribution in [3.8, 4) is 11.3 Å². The lowest BCUT2D eigenvalue weighted by atomic mass is 10.0. The van der Waals surface area contributed by atoms with Crippen LogP contribution in [0.5, 0.6) is 0 Å². The van der Waals surface area contributed by atoms with Gasteiger partial charge in [0, 0.05) is 25.3 Å². The molecule has 0 amide bonds. The number of hydrogen-bond acceptors (Lipinski definition) is 4. The predicted molar refractivity (Wildman–Crippen MR) is 77.0 cm³/mol. The van der Waals surface area contributed by atoms with Gasteiger partial charge in [-0.3, -0.25) is 0 Å². The van der Waals surface area contributed by atoms with Crippen LogP contribution in [-0.4, -0.2) is 23.6 Å². The Hall–Kier alpha value is -2.01. The highest BCUT2D eigenvalue weighted by Crippen LogP contribution is 2.25. The third kappa shape index (κ3) is 3.11. The van der Waals surface area contributed by atoms with E-state index in [2.05, 4.69) is 15.3 Å². The SMILES string of the molecule is CCOCc1nc(NC)cc(-c2cccc(F)c2C)n1. The van der Waals surface area contributed by atoms with E-state index in [0.29, 0.717) is 36.1 Å². The molecule has 0 fully saturated rings. The fraction of sp³-hybridized carbons (Fsp3) is 0.333. The molecule has 20 heavy (non-hydrogen) atoms. The Morgan fingerprint density at radius 1 is 1.30 bits per heavy atom. The van der Waals surface area contributed by atoms with Crippen molar-refractivity contribution in [1.29, 1.82) is 0 Å². The molecule has 1 aromatic heterocycles. The smallest absolute Gasteiger partial charge is 0.157 e. The fourth-order valence-electron chi connectivity index (χ4n) is 1.91. The maximum atomic E-state index is 13.7. The van der Waals surface area contributed by atoms with Gasteiger partial charge in [-0.2, -0.15) is 0 Å². The molecule has 5 heteroatoms. The van der Waals surface area contributed by atoms with Gasteiger partial charge in [-0.05, 0) is 25.5 Å². The summed E-state index contributed by atoms with van der Waals surface area (Å²) < 4.78 is 19.0. The van der Waals surface area contributed by atoms with Crippen LogP contribution in [-0.2, 0) is 11.3 Å². The summed E-state index contributed by atoms with van der Waals surface area (Å²) in [5, 5.41) is 2.99. The van der Waals surface area contributed by atoms with Gasteiger partial charge in [-0.1, -0.05) is 12.1 Å². The van der Waals surface area contributed by atoms with E-state index in [1.165, 1.54) is 6.07 Å². The molecule has 1 N–H and O–H groups in total. The summed E-state index contributed by atoms with van der Waals surface area (Å²) >= 11 is 0. The zero-order chi connectivity index (χ0) is 14.5. The Labute approximate surface area is 118 Å². The molecule has 0 spiro atoms. The van der Waals surface area contributed by atoms with Crippen LogP contribution in [0.25, 0.3) is 11.3 Å². The van der Waals surface area contributed by atoms with Crippen molar-refractivity contribution in [2.24, 2.45) is 0 Å². The highest BCUT2D eigenvalue weighted by Gasteiger charge is 2.10. The molecule has 4 nitrogen and oxygen atoms in total. The standard InChI is InChI=1S/C15H18FN3O/c1-4-20-9-15-18-13(8-14(17-3)19-15)11-6-5-7-12(16)10(11)2/h5-8H,4,9H2,1-3H3,(H,17,18,19). The van der Waals surface area contributed by atoms with Gasteiger partial charge in [0.2, 0.25) is 0 Å². The van der Waals surface area contributed by atoms with Gasteiger partial charge in [-0.15, -0.1) is 0 Å². The van der Waals surface area contributed by atoms with Crippen LogP contribution in [0.1, 0.15) is 18.3 Å². The molecule has 0 radical (unpaired) electrons. The number of hydrogen-bond donors (Lipinski definition) is 1. The summed E-state index contributed by atoms with van der Waals surface area (Å²) in [4.78, 5) is 8.77. The van der Waals surface area contributed by atoms with Gasteiger partial charge in [0.1, 0.15) is 18.2 Å². The van der Waals surface area contributed by atoms with Gasteiger partial charge in [0.25, 0.3) is 0 Å². The van der Waals surface area contributed by atoms with E-state index in [4.69, 9.17) is 4.74 Å². The van der Waals surface area contributed by atoms with E-state index < -0.39 is 0 Å². The van der Waals surface area contributed by atoms with Gasteiger partial charge in [0.05, 0.1) is 5.69 Å². The second kappa shape index (κ2) is 6.43. The molecule has 106 valence electrons. The molecule has 2 aromatic rings. The molecule has 0 bridgehead atoms. The van der Waals surface area contributed by atoms with Crippen LogP contribution in [0.4, 0.5) is 10.2 Å². The largest absolute Gasteiger partial charge is 0.374 e. The molecule has 0 aliphatic rings. The summed E-state index contributed by atoms with van der Waals surface area (Å²) in [6, 6.07) is 6.78. The highest BCUT2D eigenvalue weighted by molar-refractivity contribution is 5.66. The van der Waals surface area contributed by atoms with E-state index in [-0.39, 0.29) is 5.82 Å². The van der Waals surface area contributed by atoms with Gasteiger partial charge in [0.15, 0.2) is 5.82 Å². The van der Waals surface area contributed by atoms with Crippen molar-refractivity contribution >= 4 is 5.82 Å². The first-order valence-electron chi connectivity index (χ1n) is 6.54. The quantitative estimate of drug-likeness (QED) is 0.910. The summed E-state index contributed by atoms with van der Waals surface area (Å²) in [7, 11) is 1.79. The van der Waals surface area contributed by atoms with Crippen molar-refractivity contribution in [2.75, 3.05) is 19.0 Å². The van der Waals surface area contributed by atoms with Crippen LogP contribution in [0, 0.1) is 12.7 Å². The molecule has 2 rings (SSSR count). The molecule has 0 saturated heterocycles. The highest BCUT2D eigenvalue weighted by atomic mass is 19.1. The third-order valence-corrected chi connectivity index (χ3v) is 3.01. The molecule has 0 saturated carbocycles. The summed E-state index contributed by atoms with van der Waals surface area (Å²) in [5.41, 5.74) is 2.04. The van der Waals surface area contributed by atoms with Gasteiger partial charge < -0.3 is 10.1 Å². The fourth-order valence-corrected chi connectivity index (χ4v) is 1.91. The summed E-state index contributed by atoms with van der Waals surface area (Å²) in [6.45, 7) is 4.60. The van der Waals surface area contributed by atoms with E-state index in [1.807, 2.05) is 13.0 Å². The van der Waals surface area contributed by atoms with Gasteiger partial charge in [-0.25, -0.2) is 14.4 Å². The first-order chi connectivity index (χ1) is 9.65. The number of ether oxygens (including phenoxy) is 1. The average Bonchev–Trinajstić information content (AvgIpc) is 2.47. The number of aromatic nitrogens is 2. The summed E-state index contributed by atoms with van der Waals surface area (Å²) in [6.07, 6.45) is 0. The number of nitrogens with zero attached hydrogens (tertiary/aromatic N) is 2. The van der Waals surface area contributed by atoms with Crippen molar-refractivity contribution in [3.63, 3.8) is 0 Å². The van der Waals surface area contributed by atoms with Crippen LogP contribution >= 0.6 is 0 Å². The average molecular weight is 275 g/mol. The van der Waals surface area contributed by atoms with E-state index >= 15 is 0 Å². The minimum Gasteiger partial charge on any atom is -0.374 e. The van der Waals surface area contributed by atoms with E-state index in [0.717, 1.165) is 5.56 Å². The molecular formula is C15H18FN3O. The van der Waals surface area contributed by atoms with Crippen molar-refractivity contribution < 1.29 is 9.13 Å². The third-order valence-electron chi connectivity index (χ3n) is 3.01. The number of benzene rings is 1. The van der Waals surface area contributed by atoms with Crippen molar-refractivity contribution in [2.45, 2.75) is 20.5 Å². The molecule has 0 aliphatic carbocycles. The minimum absolute atomic E-state index is 0.238. The zero-order valence-corrected chi connectivity index (χ0v) is 11.9. The maximum absolute atomic E-state index is 13.7. The van der Waals surface area contributed by atoms with Crippen LogP contribution < -0.4 is 5.32 Å². The molecular weight excluding hydrogens is 257 g/mol. The van der Waals surface area contributed by atoms with Crippen molar-refractivity contribution in [3.05, 3.63) is 41.5 Å². The van der Waals surface area contributed by atoms with Gasteiger partial charge >= 0.3 is 0 Å². The first-order valence-corrected chi connectivity index (χ1v) is 6.54. The normalized spacial score (nSPS) is 10.6. The first kappa shape index (κ1) is 14.4. The Kier molecular flexibility index (Phi) is 4.63. The molecule has 1 aromatic carbocycles. The maximum Gasteiger partial charge on any atom is 0.157 e. The lowest BCUT2D eigenvalue weighted by Gasteiger charge is -2.10. The molecule has 0 aliphatic heterocycles. The van der Waals surface area contributed by atoms with Crippen LogP contribution in [0.15, 0.2) is 24.3 Å². The topological polar surface area (TPSA) is 47.0 Å². The lowest BCUT2D eigenvalue weighted by Crippen LogP contribution is -2.04. The number of rotatable bonds is 5. The van der Waals surface area contributed by atoms with Crippen LogP contribution in [0.3, 0.4) is 0 Å². The van der Waals surface area contributed by atoms with Crippen LogP contribution in [0.2, 0.25) is 0 Å². The Morgan fingerprint density at radius 2 is 2.10 bits per heavy atom.